The van der Waals surface area contributed by atoms with E-state index in [1.807, 2.05) is 6.07 Å². The summed E-state index contributed by atoms with van der Waals surface area (Å²) in [5, 5.41) is 2.10. The zero-order valence-corrected chi connectivity index (χ0v) is 11.6. The van der Waals surface area contributed by atoms with E-state index < -0.39 is 0 Å². The van der Waals surface area contributed by atoms with Gasteiger partial charge in [0.05, 0.1) is 11.9 Å². The molecule has 3 heteroatoms. The molecule has 1 aromatic heterocycles. The van der Waals surface area contributed by atoms with E-state index in [1.165, 1.54) is 16.0 Å². The molecule has 2 aromatic rings. The SMILES string of the molecule is COc1ccc(C(Br)c2cccs2)c(C)c1. The molecule has 1 atom stereocenters. The van der Waals surface area contributed by atoms with E-state index in [-0.39, 0.29) is 4.83 Å². The summed E-state index contributed by atoms with van der Waals surface area (Å²) in [7, 11) is 1.69. The van der Waals surface area contributed by atoms with Gasteiger partial charge in [-0.3, -0.25) is 0 Å². The lowest BCUT2D eigenvalue weighted by molar-refractivity contribution is 0.414. The number of rotatable bonds is 3. The van der Waals surface area contributed by atoms with Gasteiger partial charge in [0.1, 0.15) is 5.75 Å². The molecule has 0 bridgehead atoms. The van der Waals surface area contributed by atoms with E-state index in [0.717, 1.165) is 5.75 Å². The Hall–Kier alpha value is -0.800. The summed E-state index contributed by atoms with van der Waals surface area (Å²) in [5.74, 6) is 0.909. The van der Waals surface area contributed by atoms with Gasteiger partial charge < -0.3 is 4.74 Å². The zero-order valence-electron chi connectivity index (χ0n) is 9.24. The molecule has 16 heavy (non-hydrogen) atoms. The summed E-state index contributed by atoms with van der Waals surface area (Å²) in [6.45, 7) is 2.11. The van der Waals surface area contributed by atoms with Crippen LogP contribution >= 0.6 is 27.3 Å². The number of methoxy groups -OCH3 is 1. The molecule has 0 amide bonds. The Balaban J connectivity index is 2.34. The second-order valence-corrected chi connectivity index (χ2v) is 5.50. The van der Waals surface area contributed by atoms with Gasteiger partial charge in [-0.1, -0.05) is 28.1 Å². The number of halogens is 1. The van der Waals surface area contributed by atoms with Crippen molar-refractivity contribution in [3.8, 4) is 5.75 Å². The molecular weight excluding hydrogens is 284 g/mol. The molecule has 2 rings (SSSR count). The molecule has 84 valence electrons. The molecule has 0 aliphatic heterocycles. The van der Waals surface area contributed by atoms with Crippen LogP contribution in [0.2, 0.25) is 0 Å². The van der Waals surface area contributed by atoms with Gasteiger partial charge in [-0.25, -0.2) is 0 Å². The van der Waals surface area contributed by atoms with E-state index in [4.69, 9.17) is 4.74 Å². The first-order chi connectivity index (χ1) is 7.72. The molecular formula is C13H13BrOS. The second-order valence-electron chi connectivity index (χ2n) is 3.60. The van der Waals surface area contributed by atoms with Crippen LogP contribution in [-0.4, -0.2) is 7.11 Å². The van der Waals surface area contributed by atoms with Crippen molar-refractivity contribution in [1.82, 2.24) is 0 Å². The average Bonchev–Trinajstić information content (AvgIpc) is 2.81. The minimum absolute atomic E-state index is 0.276. The van der Waals surface area contributed by atoms with E-state index in [2.05, 4.69) is 52.5 Å². The predicted molar refractivity (Wildman–Crippen MR) is 72.8 cm³/mol. The van der Waals surface area contributed by atoms with Crippen LogP contribution in [0.25, 0.3) is 0 Å². The summed E-state index contributed by atoms with van der Waals surface area (Å²) in [6.07, 6.45) is 0. The van der Waals surface area contributed by atoms with Crippen molar-refractivity contribution in [3.05, 3.63) is 51.7 Å². The second kappa shape index (κ2) is 5.02. The molecule has 1 unspecified atom stereocenters. The monoisotopic (exact) mass is 296 g/mol. The van der Waals surface area contributed by atoms with Gasteiger partial charge in [0.2, 0.25) is 0 Å². The highest BCUT2D eigenvalue weighted by molar-refractivity contribution is 9.09. The first-order valence-electron chi connectivity index (χ1n) is 5.04. The minimum atomic E-state index is 0.276. The molecule has 0 saturated heterocycles. The summed E-state index contributed by atoms with van der Waals surface area (Å²) < 4.78 is 5.21. The maximum atomic E-state index is 5.21. The lowest BCUT2D eigenvalue weighted by Crippen LogP contribution is -1.94. The first-order valence-corrected chi connectivity index (χ1v) is 6.84. The number of ether oxygens (including phenoxy) is 1. The van der Waals surface area contributed by atoms with Crippen LogP contribution in [0.5, 0.6) is 5.75 Å². The van der Waals surface area contributed by atoms with Gasteiger partial charge in [-0.2, -0.15) is 0 Å². The average molecular weight is 297 g/mol. The minimum Gasteiger partial charge on any atom is -0.497 e. The number of thiophene rings is 1. The molecule has 1 heterocycles. The highest BCUT2D eigenvalue weighted by Crippen LogP contribution is 2.36. The molecule has 0 aliphatic carbocycles. The Morgan fingerprint density at radius 3 is 2.69 bits per heavy atom. The van der Waals surface area contributed by atoms with E-state index in [0.29, 0.717) is 0 Å². The van der Waals surface area contributed by atoms with E-state index in [9.17, 15) is 0 Å². The van der Waals surface area contributed by atoms with Crippen molar-refractivity contribution in [2.75, 3.05) is 7.11 Å². The predicted octanol–water partition coefficient (Wildman–Crippen LogP) is 4.55. The Labute approximate surface area is 108 Å². The third-order valence-electron chi connectivity index (χ3n) is 2.54. The Kier molecular flexibility index (Phi) is 3.66. The first kappa shape index (κ1) is 11.7. The number of hydrogen-bond donors (Lipinski definition) is 0. The summed E-state index contributed by atoms with van der Waals surface area (Å²) >= 11 is 5.51. The number of alkyl halides is 1. The van der Waals surface area contributed by atoms with Crippen LogP contribution in [0, 0.1) is 6.92 Å². The third kappa shape index (κ3) is 2.30. The lowest BCUT2D eigenvalue weighted by atomic mass is 10.0. The fraction of sp³-hybridized carbons (Fsp3) is 0.231. The summed E-state index contributed by atoms with van der Waals surface area (Å²) in [5.41, 5.74) is 2.54. The largest absolute Gasteiger partial charge is 0.497 e. The molecule has 1 aromatic carbocycles. The Bertz CT molecular complexity index is 465. The number of hydrogen-bond acceptors (Lipinski definition) is 2. The molecule has 1 nitrogen and oxygen atoms in total. The van der Waals surface area contributed by atoms with Gasteiger partial charge >= 0.3 is 0 Å². The van der Waals surface area contributed by atoms with Crippen LogP contribution in [0.3, 0.4) is 0 Å². The van der Waals surface area contributed by atoms with Gasteiger partial charge in [-0.05, 0) is 41.6 Å². The number of benzene rings is 1. The van der Waals surface area contributed by atoms with Crippen LogP contribution in [0.15, 0.2) is 35.7 Å². The Morgan fingerprint density at radius 2 is 2.12 bits per heavy atom. The molecule has 0 aliphatic rings. The molecule has 0 spiro atoms. The third-order valence-corrected chi connectivity index (χ3v) is 4.77. The maximum absolute atomic E-state index is 5.21. The van der Waals surface area contributed by atoms with Crippen molar-refractivity contribution < 1.29 is 4.74 Å². The smallest absolute Gasteiger partial charge is 0.119 e. The molecule has 0 fully saturated rings. The van der Waals surface area contributed by atoms with Gasteiger partial charge in [0, 0.05) is 4.88 Å². The van der Waals surface area contributed by atoms with Crippen LogP contribution < -0.4 is 4.74 Å². The van der Waals surface area contributed by atoms with Crippen LogP contribution in [0.4, 0.5) is 0 Å². The highest BCUT2D eigenvalue weighted by atomic mass is 79.9. The normalized spacial score (nSPS) is 12.4. The maximum Gasteiger partial charge on any atom is 0.119 e. The van der Waals surface area contributed by atoms with E-state index in [1.54, 1.807) is 18.4 Å². The topological polar surface area (TPSA) is 9.23 Å². The van der Waals surface area contributed by atoms with Crippen molar-refractivity contribution in [1.29, 1.82) is 0 Å². The molecule has 0 N–H and O–H groups in total. The molecule has 0 radical (unpaired) electrons. The highest BCUT2D eigenvalue weighted by Gasteiger charge is 2.13. The van der Waals surface area contributed by atoms with Crippen LogP contribution in [0.1, 0.15) is 20.8 Å². The fourth-order valence-electron chi connectivity index (χ4n) is 1.65. The summed E-state index contributed by atoms with van der Waals surface area (Å²) in [6, 6.07) is 10.4. The van der Waals surface area contributed by atoms with E-state index >= 15 is 0 Å². The van der Waals surface area contributed by atoms with Gasteiger partial charge in [0.25, 0.3) is 0 Å². The van der Waals surface area contributed by atoms with Crippen molar-refractivity contribution >= 4 is 27.3 Å². The fourth-order valence-corrected chi connectivity index (χ4v) is 3.36. The Morgan fingerprint density at radius 1 is 1.31 bits per heavy atom. The number of aryl methyl sites for hydroxylation is 1. The van der Waals surface area contributed by atoms with Crippen LogP contribution in [-0.2, 0) is 0 Å². The molecule has 0 saturated carbocycles. The van der Waals surface area contributed by atoms with Crippen molar-refractivity contribution in [2.24, 2.45) is 0 Å². The zero-order chi connectivity index (χ0) is 11.5. The van der Waals surface area contributed by atoms with Gasteiger partial charge in [-0.15, -0.1) is 11.3 Å². The summed E-state index contributed by atoms with van der Waals surface area (Å²) in [4.78, 5) is 1.60. The quantitative estimate of drug-likeness (QED) is 0.755. The van der Waals surface area contributed by atoms with Crippen molar-refractivity contribution in [3.63, 3.8) is 0 Å². The standard InChI is InChI=1S/C13H13BrOS/c1-9-8-10(15-2)5-6-11(9)13(14)12-4-3-7-16-12/h3-8,13H,1-2H3. The lowest BCUT2D eigenvalue weighted by Gasteiger charge is -2.12. The van der Waals surface area contributed by atoms with Gasteiger partial charge in [0.15, 0.2) is 0 Å². The van der Waals surface area contributed by atoms with Crippen molar-refractivity contribution in [2.45, 2.75) is 11.8 Å².